The Hall–Kier alpha value is -0.870. The van der Waals surface area contributed by atoms with E-state index in [2.05, 4.69) is 15.3 Å². The van der Waals surface area contributed by atoms with Gasteiger partial charge in [-0.05, 0) is 12.3 Å². The van der Waals surface area contributed by atoms with Crippen molar-refractivity contribution in [1.82, 2.24) is 15.3 Å². The van der Waals surface area contributed by atoms with Crippen molar-refractivity contribution in [2.45, 2.75) is 12.8 Å². The van der Waals surface area contributed by atoms with E-state index in [1.165, 1.54) is 6.42 Å². The largest absolute Gasteiger partial charge is 0.381 e. The number of rotatable bonds is 5. The van der Waals surface area contributed by atoms with Gasteiger partial charge in [-0.15, -0.1) is 0 Å². The lowest BCUT2D eigenvalue weighted by atomic mass is 10.1. The lowest BCUT2D eigenvalue weighted by Gasteiger charge is -2.07. The zero-order valence-electron chi connectivity index (χ0n) is 8.33. The Morgan fingerprint density at radius 3 is 3.36 bits per heavy atom. The molecule has 0 radical (unpaired) electrons. The van der Waals surface area contributed by atoms with Gasteiger partial charge in [-0.3, -0.25) is 0 Å². The molecule has 0 aromatic carbocycles. The van der Waals surface area contributed by atoms with Gasteiger partial charge < -0.3 is 15.0 Å². The first-order valence-electron chi connectivity index (χ1n) is 5.22. The first-order valence-corrected chi connectivity index (χ1v) is 5.22. The SMILES string of the molecule is c1c[nH]c(CCNCC2CCOC2)n1. The maximum Gasteiger partial charge on any atom is 0.107 e. The molecular weight excluding hydrogens is 178 g/mol. The molecule has 2 N–H and O–H groups in total. The molecule has 0 amide bonds. The van der Waals surface area contributed by atoms with Crippen molar-refractivity contribution in [3.8, 4) is 0 Å². The van der Waals surface area contributed by atoms with Gasteiger partial charge in [0.1, 0.15) is 5.82 Å². The van der Waals surface area contributed by atoms with E-state index in [9.17, 15) is 0 Å². The first kappa shape index (κ1) is 9.68. The molecule has 1 atom stereocenters. The van der Waals surface area contributed by atoms with E-state index in [0.29, 0.717) is 5.92 Å². The standard InChI is InChI=1S/C10H17N3O/c1(10-12-4-5-13-10)3-11-7-9-2-6-14-8-9/h4-5,9,11H,1-3,6-8H2,(H,12,13). The third-order valence-electron chi connectivity index (χ3n) is 2.55. The minimum atomic E-state index is 0.714. The summed E-state index contributed by atoms with van der Waals surface area (Å²) in [6, 6.07) is 0. The Bertz CT molecular complexity index is 242. The second-order valence-corrected chi connectivity index (χ2v) is 3.72. The summed E-state index contributed by atoms with van der Waals surface area (Å²) >= 11 is 0. The Morgan fingerprint density at radius 1 is 1.64 bits per heavy atom. The molecule has 1 saturated heterocycles. The van der Waals surface area contributed by atoms with E-state index in [0.717, 1.165) is 38.5 Å². The van der Waals surface area contributed by atoms with Crippen LogP contribution in [0.3, 0.4) is 0 Å². The van der Waals surface area contributed by atoms with Gasteiger partial charge in [0.15, 0.2) is 0 Å². The maximum absolute atomic E-state index is 5.30. The van der Waals surface area contributed by atoms with Gasteiger partial charge in [-0.2, -0.15) is 0 Å². The predicted octanol–water partition coefficient (Wildman–Crippen LogP) is 0.578. The van der Waals surface area contributed by atoms with E-state index >= 15 is 0 Å². The third-order valence-corrected chi connectivity index (χ3v) is 2.55. The highest BCUT2D eigenvalue weighted by atomic mass is 16.5. The Labute approximate surface area is 84.1 Å². The third kappa shape index (κ3) is 2.82. The molecule has 14 heavy (non-hydrogen) atoms. The normalized spacial score (nSPS) is 21.6. The molecule has 4 nitrogen and oxygen atoms in total. The van der Waals surface area contributed by atoms with Crippen molar-refractivity contribution in [2.75, 3.05) is 26.3 Å². The van der Waals surface area contributed by atoms with E-state index < -0.39 is 0 Å². The van der Waals surface area contributed by atoms with Gasteiger partial charge in [-0.25, -0.2) is 4.98 Å². The molecule has 1 aliphatic heterocycles. The Kier molecular flexibility index (Phi) is 3.54. The van der Waals surface area contributed by atoms with Crippen molar-refractivity contribution in [3.05, 3.63) is 18.2 Å². The topological polar surface area (TPSA) is 49.9 Å². The van der Waals surface area contributed by atoms with Gasteiger partial charge in [0.05, 0.1) is 6.61 Å². The minimum Gasteiger partial charge on any atom is -0.381 e. The van der Waals surface area contributed by atoms with Crippen LogP contribution in [-0.2, 0) is 11.2 Å². The quantitative estimate of drug-likeness (QED) is 0.676. The van der Waals surface area contributed by atoms with Gasteiger partial charge in [0.2, 0.25) is 0 Å². The molecule has 1 aliphatic rings. The molecule has 0 spiro atoms. The molecule has 1 aromatic rings. The highest BCUT2D eigenvalue weighted by molar-refractivity contribution is 4.87. The first-order chi connectivity index (χ1) is 6.95. The van der Waals surface area contributed by atoms with Crippen LogP contribution in [0.1, 0.15) is 12.2 Å². The van der Waals surface area contributed by atoms with Crippen molar-refractivity contribution in [1.29, 1.82) is 0 Å². The average Bonchev–Trinajstić information content (AvgIpc) is 2.86. The summed E-state index contributed by atoms with van der Waals surface area (Å²) in [4.78, 5) is 7.26. The number of nitrogens with one attached hydrogen (secondary N) is 2. The number of hydrogen-bond acceptors (Lipinski definition) is 3. The van der Waals surface area contributed by atoms with Crippen molar-refractivity contribution < 1.29 is 4.74 Å². The van der Waals surface area contributed by atoms with Crippen molar-refractivity contribution in [3.63, 3.8) is 0 Å². The van der Waals surface area contributed by atoms with E-state index in [1.807, 2.05) is 6.20 Å². The molecule has 2 rings (SSSR count). The van der Waals surface area contributed by atoms with Crippen LogP contribution in [0.5, 0.6) is 0 Å². The van der Waals surface area contributed by atoms with Crippen molar-refractivity contribution >= 4 is 0 Å². The summed E-state index contributed by atoms with van der Waals surface area (Å²) in [6.07, 6.45) is 5.83. The molecule has 78 valence electrons. The lowest BCUT2D eigenvalue weighted by molar-refractivity contribution is 0.185. The van der Waals surface area contributed by atoms with Crippen LogP contribution in [0.2, 0.25) is 0 Å². The Morgan fingerprint density at radius 2 is 2.64 bits per heavy atom. The smallest absolute Gasteiger partial charge is 0.107 e. The zero-order chi connectivity index (χ0) is 9.64. The summed E-state index contributed by atoms with van der Waals surface area (Å²) in [5.74, 6) is 1.77. The zero-order valence-corrected chi connectivity index (χ0v) is 8.33. The summed E-state index contributed by atoms with van der Waals surface area (Å²) in [5, 5.41) is 3.43. The van der Waals surface area contributed by atoms with Gasteiger partial charge >= 0.3 is 0 Å². The van der Waals surface area contributed by atoms with Crippen LogP contribution in [0.25, 0.3) is 0 Å². The molecule has 0 aliphatic carbocycles. The number of nitrogens with zero attached hydrogens (tertiary/aromatic N) is 1. The van der Waals surface area contributed by atoms with Crippen LogP contribution in [0.15, 0.2) is 12.4 Å². The van der Waals surface area contributed by atoms with Crippen molar-refractivity contribution in [2.24, 2.45) is 5.92 Å². The average molecular weight is 195 g/mol. The van der Waals surface area contributed by atoms with Crippen LogP contribution in [0.4, 0.5) is 0 Å². The van der Waals surface area contributed by atoms with Crippen LogP contribution in [0, 0.1) is 5.92 Å². The van der Waals surface area contributed by atoms with Gasteiger partial charge in [0, 0.05) is 38.5 Å². The highest BCUT2D eigenvalue weighted by Gasteiger charge is 2.14. The summed E-state index contributed by atoms with van der Waals surface area (Å²) in [7, 11) is 0. The molecule has 1 aromatic heterocycles. The monoisotopic (exact) mass is 195 g/mol. The molecule has 4 heteroatoms. The number of aromatic nitrogens is 2. The van der Waals surface area contributed by atoms with E-state index in [-0.39, 0.29) is 0 Å². The van der Waals surface area contributed by atoms with E-state index in [1.54, 1.807) is 6.20 Å². The fourth-order valence-corrected chi connectivity index (χ4v) is 1.69. The van der Waals surface area contributed by atoms with Crippen LogP contribution < -0.4 is 5.32 Å². The van der Waals surface area contributed by atoms with Crippen LogP contribution in [-0.4, -0.2) is 36.3 Å². The summed E-state index contributed by atoms with van der Waals surface area (Å²) < 4.78 is 5.30. The lowest BCUT2D eigenvalue weighted by Crippen LogP contribution is -2.25. The van der Waals surface area contributed by atoms with E-state index in [4.69, 9.17) is 4.74 Å². The molecule has 0 bridgehead atoms. The summed E-state index contributed by atoms with van der Waals surface area (Å²) in [6.45, 7) is 3.92. The summed E-state index contributed by atoms with van der Waals surface area (Å²) in [5.41, 5.74) is 0. The fourth-order valence-electron chi connectivity index (χ4n) is 1.69. The number of H-pyrrole nitrogens is 1. The number of hydrogen-bond donors (Lipinski definition) is 2. The number of imidazole rings is 1. The fraction of sp³-hybridized carbons (Fsp3) is 0.700. The van der Waals surface area contributed by atoms with Crippen LogP contribution >= 0.6 is 0 Å². The second-order valence-electron chi connectivity index (χ2n) is 3.72. The molecule has 1 fully saturated rings. The molecule has 2 heterocycles. The molecule has 1 unspecified atom stereocenters. The maximum atomic E-state index is 5.30. The van der Waals surface area contributed by atoms with Gasteiger partial charge in [-0.1, -0.05) is 0 Å². The second kappa shape index (κ2) is 5.12. The van der Waals surface area contributed by atoms with Gasteiger partial charge in [0.25, 0.3) is 0 Å². The number of ether oxygens (including phenoxy) is 1. The number of aromatic amines is 1. The minimum absolute atomic E-state index is 0.714. The highest BCUT2D eigenvalue weighted by Crippen LogP contribution is 2.10. The molecular formula is C10H17N3O. The Balaban J connectivity index is 1.55. The predicted molar refractivity (Wildman–Crippen MR) is 54.1 cm³/mol. The molecule has 0 saturated carbocycles.